The zero-order valence-electron chi connectivity index (χ0n) is 50.3. The number of benzene rings is 3. The van der Waals surface area contributed by atoms with E-state index in [-0.39, 0.29) is 40.9 Å². The van der Waals surface area contributed by atoms with Gasteiger partial charge >= 0.3 is 5.97 Å². The molecule has 3 aromatic carbocycles. The van der Waals surface area contributed by atoms with E-state index in [9.17, 15) is 27.6 Å². The third-order valence-corrected chi connectivity index (χ3v) is 18.2. The number of rotatable bonds is 14. The first-order valence-electron chi connectivity index (χ1n) is 31.5. The smallest absolute Gasteiger partial charge is 0.356 e. The molecule has 0 bridgehead atoms. The molecule has 3 unspecified atom stereocenters. The van der Waals surface area contributed by atoms with Crippen LogP contribution in [0.1, 0.15) is 222 Å². The Balaban J connectivity index is 0.000000144. The summed E-state index contributed by atoms with van der Waals surface area (Å²) in [6, 6.07) is 15.9. The van der Waals surface area contributed by atoms with Gasteiger partial charge in [0.1, 0.15) is 46.3 Å². The second-order valence-electron chi connectivity index (χ2n) is 24.4. The highest BCUT2D eigenvalue weighted by atomic mass is 19.1. The molecule has 454 valence electrons. The lowest BCUT2D eigenvalue weighted by Gasteiger charge is -2.24. The monoisotopic (exact) mass is 1160 g/mol. The van der Waals surface area contributed by atoms with Crippen LogP contribution < -0.4 is 16.4 Å². The van der Waals surface area contributed by atoms with Crippen LogP contribution in [0.15, 0.2) is 96.5 Å². The largest absolute Gasteiger partial charge is 0.476 e. The zero-order chi connectivity index (χ0) is 59.8. The predicted molar refractivity (Wildman–Crippen MR) is 327 cm³/mol. The van der Waals surface area contributed by atoms with Crippen molar-refractivity contribution in [1.82, 2.24) is 39.3 Å². The highest BCUT2D eigenvalue weighted by Gasteiger charge is 2.27. The second-order valence-corrected chi connectivity index (χ2v) is 24.4. The molecule has 3 aromatic heterocycles. The maximum absolute atomic E-state index is 13.6. The van der Waals surface area contributed by atoms with Crippen LogP contribution in [0.3, 0.4) is 0 Å². The van der Waals surface area contributed by atoms with Crippen molar-refractivity contribution in [3.63, 3.8) is 0 Å². The Labute approximate surface area is 500 Å². The van der Waals surface area contributed by atoms with E-state index >= 15 is 0 Å². The van der Waals surface area contributed by atoms with Gasteiger partial charge in [0.05, 0.1) is 0 Å². The van der Waals surface area contributed by atoms with Crippen molar-refractivity contribution >= 4 is 17.8 Å². The van der Waals surface area contributed by atoms with Crippen molar-refractivity contribution < 1.29 is 32.7 Å². The van der Waals surface area contributed by atoms with Gasteiger partial charge in [-0.05, 0) is 175 Å². The number of hydrogen-bond donors (Lipinski definition) is 4. The summed E-state index contributed by atoms with van der Waals surface area (Å²) in [6.07, 6.45) is 35.3. The van der Waals surface area contributed by atoms with Gasteiger partial charge in [0.25, 0.3) is 11.8 Å². The Morgan fingerprint density at radius 1 is 0.529 bits per heavy atom. The summed E-state index contributed by atoms with van der Waals surface area (Å²) >= 11 is 0. The van der Waals surface area contributed by atoms with Crippen LogP contribution in [0.5, 0.6) is 0 Å². The van der Waals surface area contributed by atoms with Crippen LogP contribution in [-0.2, 0) is 38.9 Å². The van der Waals surface area contributed by atoms with Gasteiger partial charge in [-0.25, -0.2) is 32.9 Å². The lowest BCUT2D eigenvalue weighted by Crippen LogP contribution is -2.26. The van der Waals surface area contributed by atoms with Crippen molar-refractivity contribution in [2.45, 2.75) is 199 Å². The Morgan fingerprint density at radius 2 is 0.941 bits per heavy atom. The Bertz CT molecular complexity index is 3310. The van der Waals surface area contributed by atoms with E-state index in [1.54, 1.807) is 44.7 Å². The van der Waals surface area contributed by atoms with E-state index in [0.29, 0.717) is 53.0 Å². The minimum atomic E-state index is -0.999. The van der Waals surface area contributed by atoms with Crippen molar-refractivity contribution in [2.75, 3.05) is 19.6 Å². The van der Waals surface area contributed by atoms with Gasteiger partial charge < -0.3 is 35.2 Å². The highest BCUT2D eigenvalue weighted by molar-refractivity contribution is 5.92. The number of imidazole rings is 3. The zero-order valence-corrected chi connectivity index (χ0v) is 50.3. The minimum absolute atomic E-state index is 0.0631. The number of halogens is 3. The number of carbonyl (C=O) groups is 3. The van der Waals surface area contributed by atoms with Gasteiger partial charge in [0, 0.05) is 88.3 Å². The van der Waals surface area contributed by atoms with E-state index in [4.69, 9.17) is 10.8 Å². The van der Waals surface area contributed by atoms with E-state index in [1.165, 1.54) is 95.1 Å². The maximum atomic E-state index is 13.6. The summed E-state index contributed by atoms with van der Waals surface area (Å²) in [6.45, 7) is 9.87. The number of nitrogens with zero attached hydrogens (tertiary/aromatic N) is 6. The van der Waals surface area contributed by atoms with E-state index < -0.39 is 5.97 Å². The Kier molecular flexibility index (Phi) is 22.3. The summed E-state index contributed by atoms with van der Waals surface area (Å²) in [5, 5.41) is 15.0. The third-order valence-electron chi connectivity index (χ3n) is 18.2. The van der Waals surface area contributed by atoms with Gasteiger partial charge in [-0.3, -0.25) is 9.59 Å². The average Bonchev–Trinajstić information content (AvgIpc) is 3.95. The highest BCUT2D eigenvalue weighted by Crippen LogP contribution is 2.34. The lowest BCUT2D eigenvalue weighted by molar-refractivity contribution is 0.0690. The Morgan fingerprint density at radius 3 is 1.34 bits per heavy atom. The molecule has 12 rings (SSSR count). The first kappa shape index (κ1) is 62.5. The number of fused-ring (bicyclic) bond motifs is 3. The number of nitrogens with two attached hydrogens (primary N) is 1. The SMILES string of the molecule is Cc1cc(C2CCc3nc(C(=O)NCCC4=CCCCC4)cn3C2)ccc1F.Cc1cc(C2CCc3nc(C(=O)NCCC4CCCCC4)cn3C2)ccc1F.Cc1cc(C2CCc3nc(C(=O)O)cn3C2)ccc1F.NCCC1=CCCCC1. The predicted octanol–water partition coefficient (Wildman–Crippen LogP) is 14.0. The number of amides is 2. The molecule has 85 heavy (non-hydrogen) atoms. The number of allylic oxidation sites excluding steroid dienone is 2. The molecule has 6 aromatic rings. The van der Waals surface area contributed by atoms with Crippen LogP contribution in [0.4, 0.5) is 13.2 Å². The molecular formula is C69H88F3N9O4. The molecule has 6 heterocycles. The van der Waals surface area contributed by atoms with Crippen molar-refractivity contribution in [3.05, 3.63) is 182 Å². The van der Waals surface area contributed by atoms with Crippen LogP contribution in [0.25, 0.3) is 0 Å². The fraction of sp³-hybridized carbons (Fsp3) is 0.507. The molecule has 16 heteroatoms. The van der Waals surface area contributed by atoms with E-state index in [2.05, 4.69) is 46.9 Å². The normalized spacial score (nSPS) is 19.1. The molecule has 2 amide bonds. The molecule has 1 fully saturated rings. The van der Waals surface area contributed by atoms with Gasteiger partial charge in [-0.2, -0.15) is 0 Å². The first-order chi connectivity index (χ1) is 41.2. The fourth-order valence-corrected chi connectivity index (χ4v) is 13.1. The molecule has 13 nitrogen and oxygen atoms in total. The van der Waals surface area contributed by atoms with Gasteiger partial charge in [-0.15, -0.1) is 0 Å². The molecule has 0 spiro atoms. The molecule has 0 saturated heterocycles. The lowest BCUT2D eigenvalue weighted by atomic mass is 9.87. The first-order valence-corrected chi connectivity index (χ1v) is 31.5. The molecule has 6 aliphatic rings. The molecule has 1 saturated carbocycles. The molecule has 3 atom stereocenters. The number of aromatic carboxylic acids is 1. The van der Waals surface area contributed by atoms with Gasteiger partial charge in [0.15, 0.2) is 5.69 Å². The number of hydrogen-bond acceptors (Lipinski definition) is 7. The average molecular weight is 1160 g/mol. The number of aryl methyl sites for hydroxylation is 6. The third kappa shape index (κ3) is 17.3. The molecule has 3 aliphatic heterocycles. The van der Waals surface area contributed by atoms with Crippen LogP contribution in [-0.4, -0.2) is 71.2 Å². The fourth-order valence-electron chi connectivity index (χ4n) is 13.1. The summed E-state index contributed by atoms with van der Waals surface area (Å²) in [5.74, 6) is 2.81. The second kappa shape index (κ2) is 30.3. The minimum Gasteiger partial charge on any atom is -0.476 e. The molecule has 5 N–H and O–H groups in total. The van der Waals surface area contributed by atoms with Crippen molar-refractivity contribution in [2.24, 2.45) is 11.7 Å². The van der Waals surface area contributed by atoms with E-state index in [1.807, 2.05) is 53.4 Å². The molecule has 3 aliphatic carbocycles. The summed E-state index contributed by atoms with van der Waals surface area (Å²) in [5.41, 5.74) is 15.0. The quantitative estimate of drug-likeness (QED) is 0.0780. The van der Waals surface area contributed by atoms with Gasteiger partial charge in [0.2, 0.25) is 0 Å². The van der Waals surface area contributed by atoms with Crippen LogP contribution in [0, 0.1) is 44.1 Å². The number of carboxylic acid groups (broad SMARTS) is 1. The Hall–Kier alpha value is -7.07. The summed E-state index contributed by atoms with van der Waals surface area (Å²) < 4.78 is 46.5. The van der Waals surface area contributed by atoms with Gasteiger partial charge in [-0.1, -0.05) is 91.8 Å². The standard InChI is InChI=1S/C23H30FN3O.C23H28FN3O.C15H15FN2O2.C8H15N/c2*1-16-13-18(7-9-20(16)24)19-8-10-22-26-21(15-27(22)14-19)23(28)25-12-11-17-5-3-2-4-6-17;1-9-6-10(2-4-12(9)16)11-3-5-14-17-13(15(19)20)8-18(14)7-11;9-7-6-8-4-2-1-3-5-8/h7,9,13,15,17,19H,2-6,8,10-12,14H2,1H3,(H,25,28);5,7,9,13,15,19H,2-4,6,8,10-12,14H2,1H3,(H,25,28);2,4,6,8,11H,3,5,7H2,1H3,(H,19,20);4H,1-3,5-7,9H2. The summed E-state index contributed by atoms with van der Waals surface area (Å²) in [4.78, 5) is 49.2. The summed E-state index contributed by atoms with van der Waals surface area (Å²) in [7, 11) is 0. The van der Waals surface area contributed by atoms with Crippen LogP contribution in [0.2, 0.25) is 0 Å². The number of carbonyl (C=O) groups excluding carboxylic acids is 2. The van der Waals surface area contributed by atoms with Crippen LogP contribution >= 0.6 is 0 Å². The number of nitrogens with one attached hydrogen (secondary N) is 2. The maximum Gasteiger partial charge on any atom is 0.356 e. The van der Waals surface area contributed by atoms with Crippen molar-refractivity contribution in [1.29, 1.82) is 0 Å². The van der Waals surface area contributed by atoms with E-state index in [0.717, 1.165) is 124 Å². The molecular weight excluding hydrogens is 1080 g/mol. The number of carboxylic acids is 1. The number of aromatic nitrogens is 6. The molecule has 0 radical (unpaired) electrons. The topological polar surface area (TPSA) is 175 Å². The van der Waals surface area contributed by atoms with Crippen molar-refractivity contribution in [3.8, 4) is 0 Å².